The fourth-order valence-corrected chi connectivity index (χ4v) is 3.52. The largest absolute Gasteiger partial charge is 0.396 e. The maximum atomic E-state index is 9.79. The summed E-state index contributed by atoms with van der Waals surface area (Å²) >= 11 is 0. The van der Waals surface area contributed by atoms with Gasteiger partial charge in [0.2, 0.25) is 0 Å². The number of rotatable bonds is 6. The van der Waals surface area contributed by atoms with Gasteiger partial charge in [-0.2, -0.15) is 0 Å². The molecule has 1 saturated heterocycles. The predicted octanol–water partition coefficient (Wildman–Crippen LogP) is 2.43. The van der Waals surface area contributed by atoms with Gasteiger partial charge in [0, 0.05) is 31.7 Å². The lowest BCUT2D eigenvalue weighted by Gasteiger charge is -2.40. The summed E-state index contributed by atoms with van der Waals surface area (Å²) in [6.45, 7) is 6.70. The van der Waals surface area contributed by atoms with Crippen molar-refractivity contribution >= 4 is 0 Å². The Bertz CT molecular complexity index is 233. The molecule has 1 aliphatic heterocycles. The Hall–Kier alpha value is -0.120. The number of ether oxygens (including phenoxy) is 1. The highest BCUT2D eigenvalue weighted by molar-refractivity contribution is 4.86. The molecule has 3 nitrogen and oxygen atoms in total. The van der Waals surface area contributed by atoms with Crippen molar-refractivity contribution < 1.29 is 9.84 Å². The minimum absolute atomic E-state index is 0.173. The van der Waals surface area contributed by atoms with Crippen molar-refractivity contribution in [1.82, 2.24) is 4.90 Å². The van der Waals surface area contributed by atoms with Crippen LogP contribution in [0.3, 0.4) is 0 Å². The highest BCUT2D eigenvalue weighted by Gasteiger charge is 2.33. The standard InChI is InChI=1S/C15H29NO2/c1-2-16(11-14-7-6-10-18-14)12-15(13-17)8-4-3-5-9-15/h14,17H,2-13H2,1H3. The average Bonchev–Trinajstić information content (AvgIpc) is 2.92. The zero-order chi connectivity index (χ0) is 12.8. The quantitative estimate of drug-likeness (QED) is 0.791. The lowest BCUT2D eigenvalue weighted by Crippen LogP contribution is -2.44. The zero-order valence-electron chi connectivity index (χ0n) is 11.9. The summed E-state index contributed by atoms with van der Waals surface area (Å²) in [6, 6.07) is 0. The fourth-order valence-electron chi connectivity index (χ4n) is 3.52. The van der Waals surface area contributed by atoms with Gasteiger partial charge in [-0.15, -0.1) is 0 Å². The van der Waals surface area contributed by atoms with Crippen molar-refractivity contribution in [3.05, 3.63) is 0 Å². The minimum Gasteiger partial charge on any atom is -0.396 e. The van der Waals surface area contributed by atoms with E-state index in [2.05, 4.69) is 11.8 Å². The number of likely N-dealkylation sites (N-methyl/N-ethyl adjacent to an activating group) is 1. The molecule has 0 radical (unpaired) electrons. The Balaban J connectivity index is 1.86. The van der Waals surface area contributed by atoms with E-state index in [1.54, 1.807) is 0 Å². The van der Waals surface area contributed by atoms with Crippen LogP contribution in [0.25, 0.3) is 0 Å². The summed E-state index contributed by atoms with van der Waals surface area (Å²) in [5, 5.41) is 9.79. The van der Waals surface area contributed by atoms with Gasteiger partial charge in [-0.05, 0) is 32.2 Å². The molecule has 2 fully saturated rings. The fraction of sp³-hybridized carbons (Fsp3) is 1.00. The smallest absolute Gasteiger partial charge is 0.0702 e. The topological polar surface area (TPSA) is 32.7 Å². The number of nitrogens with zero attached hydrogens (tertiary/aromatic N) is 1. The van der Waals surface area contributed by atoms with E-state index in [1.165, 1.54) is 44.9 Å². The van der Waals surface area contributed by atoms with E-state index in [0.717, 1.165) is 26.2 Å². The SMILES string of the molecule is CCN(CC1CCCO1)CC1(CO)CCCCC1. The molecule has 0 aromatic heterocycles. The summed E-state index contributed by atoms with van der Waals surface area (Å²) in [5.41, 5.74) is 0.173. The third-order valence-corrected chi connectivity index (χ3v) is 4.74. The second-order valence-corrected chi connectivity index (χ2v) is 6.18. The molecular weight excluding hydrogens is 226 g/mol. The Morgan fingerprint density at radius 2 is 2.00 bits per heavy atom. The van der Waals surface area contributed by atoms with Gasteiger partial charge in [0.1, 0.15) is 0 Å². The lowest BCUT2D eigenvalue weighted by molar-refractivity contribution is 0.0170. The van der Waals surface area contributed by atoms with Crippen molar-refractivity contribution in [2.45, 2.75) is 58.0 Å². The summed E-state index contributed by atoms with van der Waals surface area (Å²) in [4.78, 5) is 2.50. The van der Waals surface area contributed by atoms with Crippen LogP contribution in [0, 0.1) is 5.41 Å². The zero-order valence-corrected chi connectivity index (χ0v) is 11.9. The predicted molar refractivity (Wildman–Crippen MR) is 73.7 cm³/mol. The maximum Gasteiger partial charge on any atom is 0.0702 e. The van der Waals surface area contributed by atoms with Crippen molar-refractivity contribution in [2.24, 2.45) is 5.41 Å². The van der Waals surface area contributed by atoms with Crippen molar-refractivity contribution in [3.63, 3.8) is 0 Å². The summed E-state index contributed by atoms with van der Waals surface area (Å²) in [7, 11) is 0. The second kappa shape index (κ2) is 6.88. The number of aliphatic hydroxyl groups excluding tert-OH is 1. The van der Waals surface area contributed by atoms with Crippen molar-refractivity contribution in [3.8, 4) is 0 Å². The molecule has 106 valence electrons. The molecule has 1 atom stereocenters. The molecule has 3 heteroatoms. The molecule has 0 bridgehead atoms. The van der Waals surface area contributed by atoms with Crippen LogP contribution in [0.15, 0.2) is 0 Å². The van der Waals surface area contributed by atoms with E-state index in [4.69, 9.17) is 4.74 Å². The first kappa shape index (κ1) is 14.3. The minimum atomic E-state index is 0.173. The molecule has 1 aliphatic carbocycles. The Morgan fingerprint density at radius 3 is 2.56 bits per heavy atom. The first-order valence-corrected chi connectivity index (χ1v) is 7.73. The van der Waals surface area contributed by atoms with E-state index in [9.17, 15) is 5.11 Å². The molecule has 1 unspecified atom stereocenters. The van der Waals surface area contributed by atoms with Gasteiger partial charge in [0.05, 0.1) is 6.10 Å². The van der Waals surface area contributed by atoms with Gasteiger partial charge in [0.25, 0.3) is 0 Å². The Labute approximate surface area is 112 Å². The molecule has 0 aromatic carbocycles. The van der Waals surface area contributed by atoms with Gasteiger partial charge in [-0.3, -0.25) is 0 Å². The third kappa shape index (κ3) is 3.69. The van der Waals surface area contributed by atoms with Crippen LogP contribution in [0.5, 0.6) is 0 Å². The molecule has 1 N–H and O–H groups in total. The van der Waals surface area contributed by atoms with Crippen LogP contribution in [-0.4, -0.2) is 49.0 Å². The van der Waals surface area contributed by atoms with Gasteiger partial charge >= 0.3 is 0 Å². The molecule has 0 aromatic rings. The number of hydrogen-bond acceptors (Lipinski definition) is 3. The Morgan fingerprint density at radius 1 is 1.22 bits per heavy atom. The van der Waals surface area contributed by atoms with Crippen LogP contribution < -0.4 is 0 Å². The van der Waals surface area contributed by atoms with Crippen LogP contribution in [0.2, 0.25) is 0 Å². The Kier molecular flexibility index (Phi) is 5.46. The van der Waals surface area contributed by atoms with E-state index >= 15 is 0 Å². The van der Waals surface area contributed by atoms with E-state index in [-0.39, 0.29) is 5.41 Å². The normalized spacial score (nSPS) is 27.8. The summed E-state index contributed by atoms with van der Waals surface area (Å²) < 4.78 is 5.74. The number of aliphatic hydroxyl groups is 1. The first-order chi connectivity index (χ1) is 8.78. The third-order valence-electron chi connectivity index (χ3n) is 4.74. The highest BCUT2D eigenvalue weighted by atomic mass is 16.5. The molecule has 2 rings (SSSR count). The van der Waals surface area contributed by atoms with E-state index in [0.29, 0.717) is 12.7 Å². The molecule has 0 spiro atoms. The maximum absolute atomic E-state index is 9.79. The molecule has 2 aliphatic rings. The first-order valence-electron chi connectivity index (χ1n) is 7.73. The highest BCUT2D eigenvalue weighted by Crippen LogP contribution is 2.36. The van der Waals surface area contributed by atoms with Gasteiger partial charge in [-0.1, -0.05) is 26.2 Å². The van der Waals surface area contributed by atoms with Gasteiger partial charge in [-0.25, -0.2) is 0 Å². The molecular formula is C15H29NO2. The monoisotopic (exact) mass is 255 g/mol. The molecule has 18 heavy (non-hydrogen) atoms. The van der Waals surface area contributed by atoms with Crippen LogP contribution in [0.1, 0.15) is 51.9 Å². The second-order valence-electron chi connectivity index (χ2n) is 6.18. The van der Waals surface area contributed by atoms with E-state index < -0.39 is 0 Å². The van der Waals surface area contributed by atoms with E-state index in [1.807, 2.05) is 0 Å². The summed E-state index contributed by atoms with van der Waals surface area (Å²) in [5.74, 6) is 0. The van der Waals surface area contributed by atoms with Gasteiger partial charge < -0.3 is 14.7 Å². The molecule has 1 saturated carbocycles. The molecule has 0 amide bonds. The van der Waals surface area contributed by atoms with Crippen molar-refractivity contribution in [1.29, 1.82) is 0 Å². The van der Waals surface area contributed by atoms with Crippen LogP contribution >= 0.6 is 0 Å². The number of hydrogen-bond donors (Lipinski definition) is 1. The summed E-state index contributed by atoms with van der Waals surface area (Å²) in [6.07, 6.45) is 9.19. The lowest BCUT2D eigenvalue weighted by atomic mass is 9.74. The van der Waals surface area contributed by atoms with Gasteiger partial charge in [0.15, 0.2) is 0 Å². The van der Waals surface area contributed by atoms with Crippen LogP contribution in [0.4, 0.5) is 0 Å². The molecule has 1 heterocycles. The van der Waals surface area contributed by atoms with Crippen LogP contribution in [-0.2, 0) is 4.74 Å². The van der Waals surface area contributed by atoms with Crippen molar-refractivity contribution in [2.75, 3.05) is 32.8 Å². The average molecular weight is 255 g/mol.